The third-order valence-corrected chi connectivity index (χ3v) is 2.29. The minimum atomic E-state index is 0.618. The van der Waals surface area contributed by atoms with Crippen LogP contribution in [0, 0.1) is 0 Å². The van der Waals surface area contributed by atoms with Gasteiger partial charge in [-0.2, -0.15) is 0 Å². The number of nitrogens with one attached hydrogen (secondary N) is 2. The molecule has 0 aliphatic heterocycles. The molecule has 0 amide bonds. The number of rotatable bonds is 4. The number of methoxy groups -OCH3 is 1. The van der Waals surface area contributed by atoms with E-state index in [1.54, 1.807) is 7.11 Å². The highest BCUT2D eigenvalue weighted by atomic mass is 32.1. The van der Waals surface area contributed by atoms with Gasteiger partial charge in [-0.1, -0.05) is 0 Å². The molecule has 12 heavy (non-hydrogen) atoms. The van der Waals surface area contributed by atoms with Crippen LogP contribution in [0.2, 0.25) is 0 Å². The zero-order valence-electron chi connectivity index (χ0n) is 7.43. The number of ether oxygens (including phenoxy) is 1. The van der Waals surface area contributed by atoms with Crippen molar-refractivity contribution in [2.75, 3.05) is 20.3 Å². The molecule has 1 saturated carbocycles. The smallest absolute Gasteiger partial charge is 0.166 e. The number of thiocarbonyl (C=S) groups is 1. The van der Waals surface area contributed by atoms with Gasteiger partial charge in [-0.25, -0.2) is 0 Å². The molecule has 3 nitrogen and oxygen atoms in total. The summed E-state index contributed by atoms with van der Waals surface area (Å²) < 4.78 is 4.89. The predicted octanol–water partition coefficient (Wildman–Crippen LogP) is 0.649. The summed E-state index contributed by atoms with van der Waals surface area (Å²) >= 11 is 5.07. The van der Waals surface area contributed by atoms with E-state index < -0.39 is 0 Å². The minimum absolute atomic E-state index is 0.618. The second-order valence-electron chi connectivity index (χ2n) is 3.02. The van der Waals surface area contributed by atoms with Gasteiger partial charge in [0.1, 0.15) is 0 Å². The molecule has 4 heteroatoms. The van der Waals surface area contributed by atoms with Crippen molar-refractivity contribution in [3.05, 3.63) is 0 Å². The Kier molecular flexibility index (Phi) is 4.32. The van der Waals surface area contributed by atoms with Gasteiger partial charge in [-0.3, -0.25) is 0 Å². The van der Waals surface area contributed by atoms with E-state index in [0.717, 1.165) is 11.7 Å². The Morgan fingerprint density at radius 3 is 2.83 bits per heavy atom. The lowest BCUT2D eigenvalue weighted by Gasteiger charge is -2.27. The highest BCUT2D eigenvalue weighted by Crippen LogP contribution is 2.17. The summed E-state index contributed by atoms with van der Waals surface area (Å²) in [5.74, 6) is 0. The van der Waals surface area contributed by atoms with E-state index in [-0.39, 0.29) is 0 Å². The van der Waals surface area contributed by atoms with E-state index in [9.17, 15) is 0 Å². The van der Waals surface area contributed by atoms with Crippen LogP contribution >= 0.6 is 12.2 Å². The SMILES string of the molecule is COCCNC(=S)NC1CCC1. The third-order valence-electron chi connectivity index (χ3n) is 2.03. The summed E-state index contributed by atoms with van der Waals surface area (Å²) in [6.07, 6.45) is 3.84. The normalized spacial score (nSPS) is 16.8. The van der Waals surface area contributed by atoms with Gasteiger partial charge < -0.3 is 15.4 Å². The maximum Gasteiger partial charge on any atom is 0.166 e. The first-order valence-electron chi connectivity index (χ1n) is 4.36. The molecule has 0 radical (unpaired) electrons. The quantitative estimate of drug-likeness (QED) is 0.501. The Bertz CT molecular complexity index is 148. The van der Waals surface area contributed by atoms with Crippen molar-refractivity contribution in [3.8, 4) is 0 Å². The molecule has 0 aromatic rings. The van der Waals surface area contributed by atoms with E-state index in [2.05, 4.69) is 10.6 Å². The van der Waals surface area contributed by atoms with Crippen LogP contribution in [0.25, 0.3) is 0 Å². The monoisotopic (exact) mass is 188 g/mol. The van der Waals surface area contributed by atoms with Gasteiger partial charge in [0.05, 0.1) is 6.61 Å². The number of hydrogen-bond donors (Lipinski definition) is 2. The first kappa shape index (κ1) is 9.74. The average molecular weight is 188 g/mol. The Morgan fingerprint density at radius 1 is 1.58 bits per heavy atom. The molecule has 0 aromatic heterocycles. The second kappa shape index (κ2) is 5.32. The van der Waals surface area contributed by atoms with Crippen molar-refractivity contribution in [3.63, 3.8) is 0 Å². The zero-order chi connectivity index (χ0) is 8.81. The summed E-state index contributed by atoms with van der Waals surface area (Å²) in [6.45, 7) is 1.49. The first-order chi connectivity index (χ1) is 5.83. The maximum absolute atomic E-state index is 5.07. The summed E-state index contributed by atoms with van der Waals surface area (Å²) in [5.41, 5.74) is 0. The van der Waals surface area contributed by atoms with Crippen LogP contribution in [-0.2, 0) is 4.74 Å². The standard InChI is InChI=1S/C8H16N2OS/c1-11-6-5-9-8(12)10-7-3-2-4-7/h7H,2-6H2,1H3,(H2,9,10,12). The molecule has 1 rings (SSSR count). The zero-order valence-corrected chi connectivity index (χ0v) is 8.25. The molecule has 0 atom stereocenters. The molecule has 0 aromatic carbocycles. The number of hydrogen-bond acceptors (Lipinski definition) is 2. The van der Waals surface area contributed by atoms with E-state index in [4.69, 9.17) is 17.0 Å². The molecule has 0 saturated heterocycles. The minimum Gasteiger partial charge on any atom is -0.383 e. The predicted molar refractivity (Wildman–Crippen MR) is 53.3 cm³/mol. The Morgan fingerprint density at radius 2 is 2.33 bits per heavy atom. The van der Waals surface area contributed by atoms with Crippen molar-refractivity contribution in [2.24, 2.45) is 0 Å². The molecule has 70 valence electrons. The maximum atomic E-state index is 5.07. The molecule has 2 N–H and O–H groups in total. The van der Waals surface area contributed by atoms with Crippen molar-refractivity contribution < 1.29 is 4.74 Å². The van der Waals surface area contributed by atoms with Gasteiger partial charge in [0.25, 0.3) is 0 Å². The van der Waals surface area contributed by atoms with Crippen molar-refractivity contribution in [1.82, 2.24) is 10.6 Å². The average Bonchev–Trinajstić information content (AvgIpc) is 1.98. The highest BCUT2D eigenvalue weighted by Gasteiger charge is 2.17. The van der Waals surface area contributed by atoms with Crippen LogP contribution in [0.5, 0.6) is 0 Å². The highest BCUT2D eigenvalue weighted by molar-refractivity contribution is 7.80. The van der Waals surface area contributed by atoms with Crippen molar-refractivity contribution in [1.29, 1.82) is 0 Å². The molecule has 0 unspecified atom stereocenters. The summed E-state index contributed by atoms with van der Waals surface area (Å²) in [7, 11) is 1.68. The van der Waals surface area contributed by atoms with Crippen molar-refractivity contribution >= 4 is 17.3 Å². The lowest BCUT2D eigenvalue weighted by Crippen LogP contribution is -2.45. The fourth-order valence-corrected chi connectivity index (χ4v) is 1.32. The van der Waals surface area contributed by atoms with E-state index >= 15 is 0 Å². The lowest BCUT2D eigenvalue weighted by atomic mass is 9.93. The van der Waals surface area contributed by atoms with E-state index in [0.29, 0.717) is 12.6 Å². The van der Waals surface area contributed by atoms with Gasteiger partial charge in [-0.05, 0) is 31.5 Å². The largest absolute Gasteiger partial charge is 0.383 e. The summed E-state index contributed by atoms with van der Waals surface area (Å²) in [5, 5.41) is 7.08. The molecule has 1 aliphatic rings. The molecule has 1 aliphatic carbocycles. The van der Waals surface area contributed by atoms with Crippen LogP contribution in [0.1, 0.15) is 19.3 Å². The van der Waals surface area contributed by atoms with Gasteiger partial charge in [0.2, 0.25) is 0 Å². The summed E-state index contributed by atoms with van der Waals surface area (Å²) in [6, 6.07) is 0.618. The molecular formula is C8H16N2OS. The Hall–Kier alpha value is -0.350. The van der Waals surface area contributed by atoms with Crippen LogP contribution in [-0.4, -0.2) is 31.4 Å². The second-order valence-corrected chi connectivity index (χ2v) is 3.43. The van der Waals surface area contributed by atoms with Crippen LogP contribution in [0.15, 0.2) is 0 Å². The molecule has 0 spiro atoms. The van der Waals surface area contributed by atoms with E-state index in [1.165, 1.54) is 19.3 Å². The fourth-order valence-electron chi connectivity index (χ4n) is 1.06. The third kappa shape index (κ3) is 3.36. The molecule has 1 fully saturated rings. The fraction of sp³-hybridized carbons (Fsp3) is 0.875. The first-order valence-corrected chi connectivity index (χ1v) is 4.77. The Balaban J connectivity index is 1.95. The van der Waals surface area contributed by atoms with E-state index in [1.807, 2.05) is 0 Å². The van der Waals surface area contributed by atoms with Gasteiger partial charge in [0, 0.05) is 19.7 Å². The molecular weight excluding hydrogens is 172 g/mol. The molecule has 0 heterocycles. The lowest BCUT2D eigenvalue weighted by molar-refractivity contribution is 0.203. The van der Waals surface area contributed by atoms with Crippen LogP contribution in [0.3, 0.4) is 0 Å². The van der Waals surface area contributed by atoms with Gasteiger partial charge in [-0.15, -0.1) is 0 Å². The van der Waals surface area contributed by atoms with Crippen LogP contribution < -0.4 is 10.6 Å². The van der Waals surface area contributed by atoms with Crippen LogP contribution in [0.4, 0.5) is 0 Å². The van der Waals surface area contributed by atoms with Gasteiger partial charge in [0.15, 0.2) is 5.11 Å². The Labute approximate surface area is 78.9 Å². The van der Waals surface area contributed by atoms with Crippen molar-refractivity contribution in [2.45, 2.75) is 25.3 Å². The van der Waals surface area contributed by atoms with Gasteiger partial charge >= 0.3 is 0 Å². The summed E-state index contributed by atoms with van der Waals surface area (Å²) in [4.78, 5) is 0. The topological polar surface area (TPSA) is 33.3 Å². The molecule has 0 bridgehead atoms.